The summed E-state index contributed by atoms with van der Waals surface area (Å²) in [6, 6.07) is 32.5. The number of hydrogen-bond donors (Lipinski definition) is 0. The molecule has 3 aromatic heterocycles. The molecule has 98 heavy (non-hydrogen) atoms. The summed E-state index contributed by atoms with van der Waals surface area (Å²) >= 11 is 0. The van der Waals surface area contributed by atoms with Gasteiger partial charge < -0.3 is 71.1 Å². The first-order chi connectivity index (χ1) is 47.5. The average molecular weight is 1490 g/mol. The Morgan fingerprint density at radius 2 is 0.571 bits per heavy atom. The first kappa shape index (κ1) is 79.7. The Labute approximate surface area is 614 Å². The number of ether oxygens (including phenoxy) is 15. The van der Waals surface area contributed by atoms with Gasteiger partial charge in [-0.05, 0) is 109 Å². The van der Waals surface area contributed by atoms with E-state index >= 15 is 0 Å². The minimum atomic E-state index is -0.626. The van der Waals surface area contributed by atoms with E-state index in [0.717, 1.165) is 16.7 Å². The van der Waals surface area contributed by atoms with E-state index in [2.05, 4.69) is 50.2 Å². The largest absolute Gasteiger partial charge is 3.00 e. The van der Waals surface area contributed by atoms with Crippen molar-refractivity contribution in [2.75, 3.05) is 188 Å². The van der Waals surface area contributed by atoms with E-state index in [0.29, 0.717) is 209 Å². The SMILES string of the molecule is COCCOCCOCCOc1ccc(C#Cc2cc(CN3CCN(Cc4cc(C#Cc5ccc(OCCOCCOCCOC)cc5)cc(C(=O)OC)n4)CN(Cc4cc(C#Cc5ccc(OCCOCCOCCOC)cc5)cc(C(=O)OC)n4)C3)nc(C(=O)OC)c2)cc1.[Eu+3]. The van der Waals surface area contributed by atoms with Gasteiger partial charge in [0, 0.05) is 87.4 Å². The van der Waals surface area contributed by atoms with E-state index < -0.39 is 17.9 Å². The molecular formula is C73H86EuN6O18+3. The smallest absolute Gasteiger partial charge is 0.491 e. The zero-order valence-electron chi connectivity index (χ0n) is 56.5. The number of benzene rings is 3. The van der Waals surface area contributed by atoms with E-state index in [1.54, 1.807) is 39.5 Å². The van der Waals surface area contributed by atoms with Gasteiger partial charge in [0.1, 0.15) is 54.2 Å². The standard InChI is InChI=1S/C73H86N6O18.Eu/c1-83-27-30-89-33-36-92-39-42-95-65-19-13-56(14-20-65)7-10-59-45-62(74-68(48-59)71(80)86-4)51-77-25-26-78(52-63-46-60(49-69(75-63)72(81)87-5)11-8-57-15-21-66(22-16-57)96-43-40-93-37-34-90-31-28-84-2)55-79(54-77)53-64-47-61(50-70(76-64)73(82)88-6)12-9-58-17-23-67(24-18-58)97-44-41-94-38-35-91-32-29-85-3;/h13-24,45-50H,25-44,51-55H2,1-6H3;/q;+3. The first-order valence-corrected chi connectivity index (χ1v) is 31.7. The summed E-state index contributed by atoms with van der Waals surface area (Å²) in [5, 5.41) is 0. The molecule has 7 rings (SSSR count). The summed E-state index contributed by atoms with van der Waals surface area (Å²) < 4.78 is 81.2. The van der Waals surface area contributed by atoms with Crippen LogP contribution < -0.4 is 14.2 Å². The van der Waals surface area contributed by atoms with Crippen molar-refractivity contribution >= 4 is 17.9 Å². The number of carbonyl (C=O) groups excluding carboxylic acids is 3. The van der Waals surface area contributed by atoms with Crippen LogP contribution in [0.5, 0.6) is 17.2 Å². The van der Waals surface area contributed by atoms with Crippen LogP contribution in [0.15, 0.2) is 109 Å². The predicted octanol–water partition coefficient (Wildman–Crippen LogP) is 6.34. The molecule has 3 aromatic carbocycles. The van der Waals surface area contributed by atoms with Crippen molar-refractivity contribution in [3.63, 3.8) is 0 Å². The maximum atomic E-state index is 13.3. The van der Waals surface area contributed by atoms with Crippen molar-refractivity contribution in [1.82, 2.24) is 29.7 Å². The molecule has 1 aliphatic rings. The van der Waals surface area contributed by atoms with Gasteiger partial charge in [0.15, 0.2) is 0 Å². The van der Waals surface area contributed by atoms with Crippen LogP contribution in [0.4, 0.5) is 0 Å². The molecule has 0 spiro atoms. The molecule has 0 radical (unpaired) electrons. The molecule has 0 N–H and O–H groups in total. The third-order valence-corrected chi connectivity index (χ3v) is 14.0. The number of pyridine rings is 3. The molecule has 1 aliphatic heterocycles. The molecule has 0 saturated carbocycles. The van der Waals surface area contributed by atoms with E-state index in [9.17, 15) is 14.4 Å². The van der Waals surface area contributed by atoms with Crippen LogP contribution >= 0.6 is 0 Å². The summed E-state index contributed by atoms with van der Waals surface area (Å²) in [6.07, 6.45) is 0. The van der Waals surface area contributed by atoms with Crippen LogP contribution in [0, 0.1) is 84.9 Å². The molecule has 0 aliphatic carbocycles. The van der Waals surface area contributed by atoms with E-state index in [-0.39, 0.29) is 73.0 Å². The van der Waals surface area contributed by atoms with Crippen LogP contribution in [0.25, 0.3) is 0 Å². The number of carbonyl (C=O) groups is 3. The molecular weight excluding hydrogens is 1400 g/mol. The van der Waals surface area contributed by atoms with E-state index in [1.807, 2.05) is 91.0 Å². The van der Waals surface area contributed by atoms with Crippen LogP contribution in [-0.2, 0) is 76.5 Å². The van der Waals surface area contributed by atoms with Gasteiger partial charge in [-0.1, -0.05) is 35.5 Å². The minimum Gasteiger partial charge on any atom is -0.491 e. The Morgan fingerprint density at radius 1 is 0.327 bits per heavy atom. The van der Waals surface area contributed by atoms with Gasteiger partial charge in [-0.3, -0.25) is 14.7 Å². The summed E-state index contributed by atoms with van der Waals surface area (Å²) in [5.74, 6) is 19.4. The molecule has 6 aromatic rings. The molecule has 1 saturated heterocycles. The Hall–Kier alpha value is -7.30. The molecule has 0 amide bonds. The van der Waals surface area contributed by atoms with Gasteiger partial charge in [-0.25, -0.2) is 29.3 Å². The average Bonchev–Trinajstić information content (AvgIpc) is 1.82. The maximum Gasteiger partial charge on any atom is 3.00 e. The summed E-state index contributed by atoms with van der Waals surface area (Å²) in [6.45, 7) is 10.8. The molecule has 1 fully saturated rings. The second-order valence-electron chi connectivity index (χ2n) is 21.4. The molecule has 4 heterocycles. The van der Waals surface area contributed by atoms with Crippen molar-refractivity contribution in [2.24, 2.45) is 0 Å². The zero-order valence-corrected chi connectivity index (χ0v) is 58.9. The van der Waals surface area contributed by atoms with Crippen LogP contribution in [-0.4, -0.2) is 236 Å². The normalized spacial score (nSPS) is 12.3. The summed E-state index contributed by atoms with van der Waals surface area (Å²) in [4.78, 5) is 60.5. The number of aromatic nitrogens is 3. The summed E-state index contributed by atoms with van der Waals surface area (Å²) in [7, 11) is 8.80. The van der Waals surface area contributed by atoms with Gasteiger partial charge in [-0.15, -0.1) is 0 Å². The molecule has 520 valence electrons. The van der Waals surface area contributed by atoms with E-state index in [1.165, 1.54) is 21.3 Å². The summed E-state index contributed by atoms with van der Waals surface area (Å²) in [5.41, 5.74) is 5.77. The van der Waals surface area contributed by atoms with Crippen molar-refractivity contribution in [3.05, 3.63) is 177 Å². The predicted molar refractivity (Wildman–Crippen MR) is 357 cm³/mol. The fraction of sp³-hybridized carbons (Fsp3) is 0.425. The van der Waals surface area contributed by atoms with Crippen LogP contribution in [0.3, 0.4) is 0 Å². The van der Waals surface area contributed by atoms with Crippen molar-refractivity contribution < 1.29 is 135 Å². The zero-order chi connectivity index (χ0) is 68.5. The quantitative estimate of drug-likeness (QED) is 0.0177. The number of hydrogen-bond acceptors (Lipinski definition) is 24. The molecule has 25 heteroatoms. The number of nitrogens with zero attached hydrogens (tertiary/aromatic N) is 6. The number of methoxy groups -OCH3 is 6. The maximum absolute atomic E-state index is 13.3. The molecule has 0 unspecified atom stereocenters. The first-order valence-electron chi connectivity index (χ1n) is 31.7. The van der Waals surface area contributed by atoms with Crippen molar-refractivity contribution in [3.8, 4) is 52.8 Å². The fourth-order valence-electron chi connectivity index (χ4n) is 9.31. The van der Waals surface area contributed by atoms with Gasteiger partial charge in [0.05, 0.1) is 151 Å². The second kappa shape index (κ2) is 46.9. The number of esters is 3. The van der Waals surface area contributed by atoms with Crippen LogP contribution in [0.2, 0.25) is 0 Å². The van der Waals surface area contributed by atoms with Gasteiger partial charge in [0.2, 0.25) is 0 Å². The van der Waals surface area contributed by atoms with E-state index in [4.69, 9.17) is 86.0 Å². The monoisotopic (exact) mass is 1490 g/mol. The third kappa shape index (κ3) is 30.4. The van der Waals surface area contributed by atoms with Gasteiger partial charge in [-0.2, -0.15) is 0 Å². The Morgan fingerprint density at radius 3 is 0.837 bits per heavy atom. The second-order valence-corrected chi connectivity index (χ2v) is 21.4. The Bertz CT molecular complexity index is 3410. The fourth-order valence-corrected chi connectivity index (χ4v) is 9.31. The molecule has 0 atom stereocenters. The third-order valence-electron chi connectivity index (χ3n) is 14.0. The molecule has 24 nitrogen and oxygen atoms in total. The van der Waals surface area contributed by atoms with Gasteiger partial charge >= 0.3 is 67.3 Å². The Balaban J connectivity index is 0.0000152. The minimum absolute atomic E-state index is 0. The van der Waals surface area contributed by atoms with Gasteiger partial charge in [0.25, 0.3) is 0 Å². The van der Waals surface area contributed by atoms with Crippen molar-refractivity contribution in [2.45, 2.75) is 19.6 Å². The molecule has 0 bridgehead atoms. The Kier molecular flexibility index (Phi) is 38.1. The van der Waals surface area contributed by atoms with Crippen LogP contribution in [0.1, 0.15) is 81.9 Å². The van der Waals surface area contributed by atoms with Crippen molar-refractivity contribution in [1.29, 1.82) is 0 Å². The number of rotatable bonds is 39. The topological polar surface area (TPSA) is 238 Å².